The molecule has 0 atom stereocenters. The van der Waals surface area contributed by atoms with Crippen molar-refractivity contribution in [2.75, 3.05) is 6.54 Å². The lowest BCUT2D eigenvalue weighted by Crippen LogP contribution is -2.26. The quantitative estimate of drug-likeness (QED) is 0.572. The van der Waals surface area contributed by atoms with Crippen LogP contribution in [-0.4, -0.2) is 18.7 Å². The zero-order valence-electron chi connectivity index (χ0n) is 7.40. The van der Waals surface area contributed by atoms with Crippen LogP contribution in [0.3, 0.4) is 0 Å². The van der Waals surface area contributed by atoms with Crippen LogP contribution < -0.4 is 11.2 Å². The molecule has 0 spiro atoms. The number of carbonyl (C=O) groups excluding carboxylic acids is 1. The number of nitrogens with one attached hydrogen (secondary N) is 1. The molecule has 0 bridgehead atoms. The summed E-state index contributed by atoms with van der Waals surface area (Å²) < 4.78 is 0. The van der Waals surface area contributed by atoms with Crippen molar-refractivity contribution < 1.29 is 4.79 Å². The van der Waals surface area contributed by atoms with Crippen molar-refractivity contribution in [2.24, 2.45) is 10.8 Å². The van der Waals surface area contributed by atoms with E-state index in [2.05, 4.69) is 10.5 Å². The number of nitrogens with zero attached hydrogens (tertiary/aromatic N) is 1. The van der Waals surface area contributed by atoms with Crippen molar-refractivity contribution in [1.29, 1.82) is 0 Å². The van der Waals surface area contributed by atoms with Crippen molar-refractivity contribution >= 4 is 23.7 Å². The van der Waals surface area contributed by atoms with Gasteiger partial charge < -0.3 is 5.73 Å². The summed E-state index contributed by atoms with van der Waals surface area (Å²) in [7, 11) is 0. The van der Waals surface area contributed by atoms with Gasteiger partial charge in [-0.25, -0.2) is 5.43 Å². The van der Waals surface area contributed by atoms with E-state index in [1.54, 1.807) is 12.1 Å². The predicted molar refractivity (Wildman–Crippen MR) is 56.2 cm³/mol. The second-order valence-electron chi connectivity index (χ2n) is 2.52. The molecular weight excluding hydrogens is 202 g/mol. The zero-order chi connectivity index (χ0) is 10.4. The largest absolute Gasteiger partial charge is 0.322 e. The van der Waals surface area contributed by atoms with Crippen molar-refractivity contribution in [3.8, 4) is 0 Å². The van der Waals surface area contributed by atoms with Crippen LogP contribution in [-0.2, 0) is 4.79 Å². The molecule has 1 aromatic carbocycles. The first-order valence-electron chi connectivity index (χ1n) is 4.00. The number of nitrogens with two attached hydrogens (primary N) is 1. The molecule has 4 nitrogen and oxygen atoms in total. The molecule has 0 aliphatic carbocycles. The molecule has 0 fully saturated rings. The fourth-order valence-electron chi connectivity index (χ4n) is 0.799. The molecule has 0 aliphatic rings. The summed E-state index contributed by atoms with van der Waals surface area (Å²) in [6.07, 6.45) is 1.47. The van der Waals surface area contributed by atoms with E-state index in [9.17, 15) is 4.79 Å². The average Bonchev–Trinajstić information content (AvgIpc) is 2.20. The van der Waals surface area contributed by atoms with Gasteiger partial charge in [0.25, 0.3) is 5.91 Å². The molecule has 1 aromatic rings. The number of carbonyl (C=O) groups is 1. The monoisotopic (exact) mass is 211 g/mol. The van der Waals surface area contributed by atoms with Crippen LogP contribution in [0.25, 0.3) is 0 Å². The van der Waals surface area contributed by atoms with Crippen LogP contribution in [0.5, 0.6) is 0 Å². The third-order valence-electron chi connectivity index (χ3n) is 1.48. The molecule has 1 rings (SSSR count). The van der Waals surface area contributed by atoms with Gasteiger partial charge in [0.15, 0.2) is 0 Å². The summed E-state index contributed by atoms with van der Waals surface area (Å²) in [4.78, 5) is 10.7. The first-order chi connectivity index (χ1) is 6.74. The Bertz CT molecular complexity index is 352. The molecular formula is C9H10ClN3O. The highest BCUT2D eigenvalue weighted by Crippen LogP contribution is 2.11. The Morgan fingerprint density at radius 2 is 2.29 bits per heavy atom. The first-order valence-corrected chi connectivity index (χ1v) is 4.38. The van der Waals surface area contributed by atoms with E-state index in [0.29, 0.717) is 5.02 Å². The molecule has 0 heterocycles. The molecule has 0 aliphatic heterocycles. The number of hydrogen-bond donors (Lipinski definition) is 2. The lowest BCUT2D eigenvalue weighted by Gasteiger charge is -1.96. The summed E-state index contributed by atoms with van der Waals surface area (Å²) in [6.45, 7) is -0.0835. The van der Waals surface area contributed by atoms with Gasteiger partial charge in [-0.3, -0.25) is 4.79 Å². The van der Waals surface area contributed by atoms with E-state index in [1.165, 1.54) is 6.21 Å². The third kappa shape index (κ3) is 3.16. The second kappa shape index (κ2) is 5.36. The van der Waals surface area contributed by atoms with Crippen LogP contribution in [0.2, 0.25) is 5.02 Å². The van der Waals surface area contributed by atoms with Crippen LogP contribution >= 0.6 is 11.6 Å². The SMILES string of the molecule is NCC(=O)N/N=C/c1ccccc1Cl. The van der Waals surface area contributed by atoms with Crippen LogP contribution in [0.15, 0.2) is 29.4 Å². The molecule has 14 heavy (non-hydrogen) atoms. The fraction of sp³-hybridized carbons (Fsp3) is 0.111. The van der Waals surface area contributed by atoms with Crippen LogP contribution in [0, 0.1) is 0 Å². The number of hydrazone groups is 1. The van der Waals surface area contributed by atoms with Gasteiger partial charge >= 0.3 is 0 Å². The van der Waals surface area contributed by atoms with E-state index in [1.807, 2.05) is 12.1 Å². The minimum absolute atomic E-state index is 0.0835. The highest BCUT2D eigenvalue weighted by molar-refractivity contribution is 6.33. The Morgan fingerprint density at radius 3 is 2.93 bits per heavy atom. The fourth-order valence-corrected chi connectivity index (χ4v) is 0.984. The van der Waals surface area contributed by atoms with Gasteiger partial charge in [0.2, 0.25) is 0 Å². The lowest BCUT2D eigenvalue weighted by molar-refractivity contribution is -0.119. The van der Waals surface area contributed by atoms with Crippen molar-refractivity contribution in [3.05, 3.63) is 34.9 Å². The molecule has 0 saturated heterocycles. The summed E-state index contributed by atoms with van der Waals surface area (Å²) in [5.41, 5.74) is 8.07. The number of benzene rings is 1. The molecule has 0 unspecified atom stereocenters. The van der Waals surface area contributed by atoms with E-state index in [4.69, 9.17) is 17.3 Å². The first kappa shape index (κ1) is 10.7. The molecule has 5 heteroatoms. The number of halogens is 1. The molecule has 0 saturated carbocycles. The van der Waals surface area contributed by atoms with Gasteiger partial charge in [0, 0.05) is 10.6 Å². The highest BCUT2D eigenvalue weighted by Gasteiger charge is 1.95. The Hall–Kier alpha value is -1.39. The second-order valence-corrected chi connectivity index (χ2v) is 2.93. The molecule has 3 N–H and O–H groups in total. The van der Waals surface area contributed by atoms with Crippen LogP contribution in [0.1, 0.15) is 5.56 Å². The standard InChI is InChI=1S/C9H10ClN3O/c10-8-4-2-1-3-7(8)6-12-13-9(14)5-11/h1-4,6H,5,11H2,(H,13,14)/b12-6+. The van der Waals surface area contributed by atoms with Crippen molar-refractivity contribution in [2.45, 2.75) is 0 Å². The average molecular weight is 212 g/mol. The summed E-state index contributed by atoms with van der Waals surface area (Å²) >= 11 is 5.84. The maximum Gasteiger partial charge on any atom is 0.253 e. The minimum atomic E-state index is -0.340. The molecule has 74 valence electrons. The predicted octanol–water partition coefficient (Wildman–Crippen LogP) is 0.749. The molecule has 1 amide bonds. The maximum absolute atomic E-state index is 10.7. The lowest BCUT2D eigenvalue weighted by atomic mass is 10.2. The zero-order valence-corrected chi connectivity index (χ0v) is 8.16. The van der Waals surface area contributed by atoms with Crippen LogP contribution in [0.4, 0.5) is 0 Å². The number of hydrogen-bond acceptors (Lipinski definition) is 3. The Labute approximate surface area is 86.7 Å². The van der Waals surface area contributed by atoms with E-state index in [-0.39, 0.29) is 12.5 Å². The smallest absolute Gasteiger partial charge is 0.253 e. The minimum Gasteiger partial charge on any atom is -0.322 e. The normalized spacial score (nSPS) is 10.4. The Morgan fingerprint density at radius 1 is 1.57 bits per heavy atom. The maximum atomic E-state index is 10.7. The Balaban J connectivity index is 2.60. The van der Waals surface area contributed by atoms with Crippen molar-refractivity contribution in [3.63, 3.8) is 0 Å². The van der Waals surface area contributed by atoms with Gasteiger partial charge in [-0.05, 0) is 6.07 Å². The summed E-state index contributed by atoms with van der Waals surface area (Å²) in [5, 5.41) is 4.27. The van der Waals surface area contributed by atoms with E-state index >= 15 is 0 Å². The topological polar surface area (TPSA) is 67.5 Å². The van der Waals surface area contributed by atoms with Gasteiger partial charge in [-0.2, -0.15) is 5.10 Å². The molecule has 0 radical (unpaired) electrons. The van der Waals surface area contributed by atoms with E-state index < -0.39 is 0 Å². The van der Waals surface area contributed by atoms with Gasteiger partial charge in [-0.15, -0.1) is 0 Å². The summed E-state index contributed by atoms with van der Waals surface area (Å²) in [5.74, 6) is -0.340. The highest BCUT2D eigenvalue weighted by atomic mass is 35.5. The number of amides is 1. The third-order valence-corrected chi connectivity index (χ3v) is 1.83. The van der Waals surface area contributed by atoms with Crippen molar-refractivity contribution in [1.82, 2.24) is 5.43 Å². The molecule has 0 aromatic heterocycles. The van der Waals surface area contributed by atoms with Gasteiger partial charge in [0.05, 0.1) is 12.8 Å². The summed E-state index contributed by atoms with van der Waals surface area (Å²) in [6, 6.07) is 7.18. The van der Waals surface area contributed by atoms with Gasteiger partial charge in [-0.1, -0.05) is 29.8 Å². The number of rotatable bonds is 3. The van der Waals surface area contributed by atoms with E-state index in [0.717, 1.165) is 5.56 Å². The Kier molecular flexibility index (Phi) is 4.10. The van der Waals surface area contributed by atoms with Gasteiger partial charge in [0.1, 0.15) is 0 Å².